The number of carbonyl (C=O) groups is 4. The molecule has 2 aromatic carbocycles. The minimum atomic E-state index is -0.847. The lowest BCUT2D eigenvalue weighted by Gasteiger charge is -2.37. The standard InChI is InChI=1S/C24H26FN3O5/c1-3-20(21(29)26-19-7-5-6-17(14-19)24(32)33-4-2)28-13-12-27(22(30)23(28)31)15-16-8-10-18(25)11-9-16/h5-11,14,20H,3-4,12-13,15H2,1-2H3,(H,26,29)/t20-/m1/s1. The van der Waals surface area contributed by atoms with Gasteiger partial charge >= 0.3 is 17.8 Å². The molecule has 3 rings (SSSR count). The highest BCUT2D eigenvalue weighted by molar-refractivity contribution is 6.35. The van der Waals surface area contributed by atoms with Gasteiger partial charge in [-0.2, -0.15) is 0 Å². The zero-order valence-electron chi connectivity index (χ0n) is 18.5. The Morgan fingerprint density at radius 1 is 1.06 bits per heavy atom. The van der Waals surface area contributed by atoms with E-state index >= 15 is 0 Å². The molecule has 174 valence electrons. The molecule has 0 aliphatic carbocycles. The summed E-state index contributed by atoms with van der Waals surface area (Å²) < 4.78 is 18.1. The number of rotatable bonds is 8. The van der Waals surface area contributed by atoms with Crippen LogP contribution in [0, 0.1) is 5.82 Å². The molecular weight excluding hydrogens is 429 g/mol. The van der Waals surface area contributed by atoms with Gasteiger partial charge in [0.2, 0.25) is 5.91 Å². The summed E-state index contributed by atoms with van der Waals surface area (Å²) in [7, 11) is 0. The molecule has 9 heteroatoms. The molecule has 3 amide bonds. The lowest BCUT2D eigenvalue weighted by atomic mass is 10.1. The van der Waals surface area contributed by atoms with E-state index in [1.54, 1.807) is 44.2 Å². The monoisotopic (exact) mass is 455 g/mol. The molecule has 0 saturated carbocycles. The first-order valence-electron chi connectivity index (χ1n) is 10.8. The fourth-order valence-corrected chi connectivity index (χ4v) is 3.66. The summed E-state index contributed by atoms with van der Waals surface area (Å²) in [5.74, 6) is -2.80. The zero-order chi connectivity index (χ0) is 24.0. The molecule has 33 heavy (non-hydrogen) atoms. The Hall–Kier alpha value is -3.75. The van der Waals surface area contributed by atoms with Gasteiger partial charge in [0.1, 0.15) is 11.9 Å². The minimum absolute atomic E-state index is 0.183. The van der Waals surface area contributed by atoms with Crippen LogP contribution in [0.4, 0.5) is 10.1 Å². The summed E-state index contributed by atoms with van der Waals surface area (Å²) in [5, 5.41) is 2.72. The first-order valence-corrected chi connectivity index (χ1v) is 10.8. The molecule has 0 spiro atoms. The lowest BCUT2D eigenvalue weighted by Crippen LogP contribution is -2.59. The number of halogens is 1. The third-order valence-electron chi connectivity index (χ3n) is 5.34. The van der Waals surface area contributed by atoms with E-state index in [4.69, 9.17) is 4.74 Å². The molecule has 1 aliphatic rings. The average molecular weight is 455 g/mol. The summed E-state index contributed by atoms with van der Waals surface area (Å²) in [6.07, 6.45) is 0.306. The van der Waals surface area contributed by atoms with E-state index in [-0.39, 0.29) is 32.1 Å². The number of ether oxygens (including phenoxy) is 1. The molecule has 8 nitrogen and oxygen atoms in total. The van der Waals surface area contributed by atoms with Gasteiger partial charge in [0.25, 0.3) is 0 Å². The number of piperazine rings is 1. The molecule has 1 aliphatic heterocycles. The number of amides is 3. The van der Waals surface area contributed by atoms with Gasteiger partial charge in [0, 0.05) is 25.3 Å². The van der Waals surface area contributed by atoms with Crippen molar-refractivity contribution in [1.29, 1.82) is 0 Å². The van der Waals surface area contributed by atoms with Crippen LogP contribution < -0.4 is 5.32 Å². The summed E-state index contributed by atoms with van der Waals surface area (Å²) in [4.78, 5) is 53.0. The highest BCUT2D eigenvalue weighted by Gasteiger charge is 2.38. The second kappa shape index (κ2) is 10.7. The Labute approximate surface area is 191 Å². The minimum Gasteiger partial charge on any atom is -0.462 e. The van der Waals surface area contributed by atoms with E-state index in [1.807, 2.05) is 0 Å². The van der Waals surface area contributed by atoms with Gasteiger partial charge in [-0.05, 0) is 49.2 Å². The number of hydrogen-bond donors (Lipinski definition) is 1. The van der Waals surface area contributed by atoms with Crippen molar-refractivity contribution in [3.8, 4) is 0 Å². The first kappa shape index (κ1) is 23.9. The fourth-order valence-electron chi connectivity index (χ4n) is 3.66. The maximum absolute atomic E-state index is 13.1. The second-order valence-electron chi connectivity index (χ2n) is 7.57. The quantitative estimate of drug-likeness (QED) is 0.488. The van der Waals surface area contributed by atoms with Crippen molar-refractivity contribution in [2.24, 2.45) is 0 Å². The van der Waals surface area contributed by atoms with Gasteiger partial charge in [0.05, 0.1) is 12.2 Å². The van der Waals surface area contributed by atoms with Gasteiger partial charge < -0.3 is 19.9 Å². The van der Waals surface area contributed by atoms with Crippen molar-refractivity contribution in [2.75, 3.05) is 25.0 Å². The Balaban J connectivity index is 1.66. The van der Waals surface area contributed by atoms with E-state index in [0.717, 1.165) is 0 Å². The van der Waals surface area contributed by atoms with Crippen molar-refractivity contribution in [3.63, 3.8) is 0 Å². The normalized spacial score (nSPS) is 14.8. The number of benzene rings is 2. The molecule has 1 atom stereocenters. The van der Waals surface area contributed by atoms with Crippen molar-refractivity contribution >= 4 is 29.4 Å². The molecule has 0 unspecified atom stereocenters. The number of anilines is 1. The van der Waals surface area contributed by atoms with Crippen LogP contribution in [0.1, 0.15) is 36.2 Å². The summed E-state index contributed by atoms with van der Waals surface area (Å²) in [6, 6.07) is 11.2. The molecule has 1 N–H and O–H groups in total. The maximum atomic E-state index is 13.1. The Morgan fingerprint density at radius 3 is 2.45 bits per heavy atom. The summed E-state index contributed by atoms with van der Waals surface area (Å²) in [6.45, 7) is 4.32. The van der Waals surface area contributed by atoms with E-state index in [9.17, 15) is 23.6 Å². The smallest absolute Gasteiger partial charge is 0.338 e. The van der Waals surface area contributed by atoms with Crippen molar-refractivity contribution < 1.29 is 28.3 Å². The van der Waals surface area contributed by atoms with Crippen molar-refractivity contribution in [3.05, 3.63) is 65.5 Å². The number of hydrogen-bond acceptors (Lipinski definition) is 5. The van der Waals surface area contributed by atoms with E-state index in [1.165, 1.54) is 28.0 Å². The lowest BCUT2D eigenvalue weighted by molar-refractivity contribution is -0.159. The van der Waals surface area contributed by atoms with Crippen LogP contribution in [0.5, 0.6) is 0 Å². The van der Waals surface area contributed by atoms with Crippen molar-refractivity contribution in [2.45, 2.75) is 32.9 Å². The fraction of sp³-hybridized carbons (Fsp3) is 0.333. The van der Waals surface area contributed by atoms with Crippen LogP contribution in [0.3, 0.4) is 0 Å². The van der Waals surface area contributed by atoms with Gasteiger partial charge in [-0.15, -0.1) is 0 Å². The second-order valence-corrected chi connectivity index (χ2v) is 7.57. The molecule has 2 aromatic rings. The largest absolute Gasteiger partial charge is 0.462 e. The van der Waals surface area contributed by atoms with Gasteiger partial charge in [0.15, 0.2) is 0 Å². The highest BCUT2D eigenvalue weighted by Crippen LogP contribution is 2.18. The van der Waals surface area contributed by atoms with Crippen molar-refractivity contribution in [1.82, 2.24) is 9.80 Å². The van der Waals surface area contributed by atoms with Crippen LogP contribution >= 0.6 is 0 Å². The first-order chi connectivity index (χ1) is 15.8. The van der Waals surface area contributed by atoms with Gasteiger partial charge in [-0.25, -0.2) is 9.18 Å². The molecule has 1 heterocycles. The van der Waals surface area contributed by atoms with E-state index < -0.39 is 29.7 Å². The molecule has 0 radical (unpaired) electrons. The van der Waals surface area contributed by atoms with E-state index in [2.05, 4.69) is 5.32 Å². The molecule has 1 fully saturated rings. The predicted octanol–water partition coefficient (Wildman–Crippen LogP) is 2.59. The van der Waals surface area contributed by atoms with Crippen LogP contribution in [-0.4, -0.2) is 59.2 Å². The van der Waals surface area contributed by atoms with Crippen LogP contribution in [-0.2, 0) is 25.7 Å². The third kappa shape index (κ3) is 5.74. The Bertz CT molecular complexity index is 1040. The number of nitrogens with zero attached hydrogens (tertiary/aromatic N) is 2. The number of nitrogens with one attached hydrogen (secondary N) is 1. The number of esters is 1. The van der Waals surface area contributed by atoms with E-state index in [0.29, 0.717) is 23.2 Å². The Kier molecular flexibility index (Phi) is 7.76. The zero-order valence-corrected chi connectivity index (χ0v) is 18.5. The predicted molar refractivity (Wildman–Crippen MR) is 119 cm³/mol. The van der Waals surface area contributed by atoms with Crippen LogP contribution in [0.2, 0.25) is 0 Å². The van der Waals surface area contributed by atoms with Gasteiger partial charge in [-0.3, -0.25) is 14.4 Å². The highest BCUT2D eigenvalue weighted by atomic mass is 19.1. The van der Waals surface area contributed by atoms with Gasteiger partial charge in [-0.1, -0.05) is 25.1 Å². The molecule has 0 aromatic heterocycles. The maximum Gasteiger partial charge on any atom is 0.338 e. The van der Waals surface area contributed by atoms with Crippen LogP contribution in [0.15, 0.2) is 48.5 Å². The number of carbonyl (C=O) groups excluding carboxylic acids is 4. The molecule has 0 bridgehead atoms. The third-order valence-corrected chi connectivity index (χ3v) is 5.34. The summed E-state index contributed by atoms with van der Waals surface area (Å²) in [5.41, 5.74) is 1.39. The van der Waals surface area contributed by atoms with Crippen LogP contribution in [0.25, 0.3) is 0 Å². The SMILES string of the molecule is CCOC(=O)c1cccc(NC(=O)[C@@H](CC)N2CCN(Cc3ccc(F)cc3)C(=O)C2=O)c1. The molecule has 1 saturated heterocycles. The Morgan fingerprint density at radius 2 is 1.79 bits per heavy atom. The average Bonchev–Trinajstić information content (AvgIpc) is 2.80. The molecular formula is C24H26FN3O5. The summed E-state index contributed by atoms with van der Waals surface area (Å²) >= 11 is 0. The topological polar surface area (TPSA) is 96.0 Å².